The Labute approximate surface area is 102 Å². The molecule has 100 valence electrons. The molecule has 0 aliphatic carbocycles. The molecule has 17 heavy (non-hydrogen) atoms. The van der Waals surface area contributed by atoms with Gasteiger partial charge in [-0.2, -0.15) is 0 Å². The van der Waals surface area contributed by atoms with Crippen LogP contribution in [0.3, 0.4) is 0 Å². The molecule has 0 radical (unpaired) electrons. The molecule has 0 aromatic rings. The Hall–Kier alpha value is -1.33. The van der Waals surface area contributed by atoms with Crippen LogP contribution in [0, 0.1) is 16.0 Å². The van der Waals surface area contributed by atoms with Gasteiger partial charge in [0.05, 0.1) is 6.61 Å². The molecule has 1 atom stereocenters. The lowest BCUT2D eigenvalue weighted by Crippen LogP contribution is -2.35. The highest BCUT2D eigenvalue weighted by Crippen LogP contribution is 2.03. The monoisotopic (exact) mass is 246 g/mol. The molecule has 1 N–H and O–H groups in total. The summed E-state index contributed by atoms with van der Waals surface area (Å²) in [6.45, 7) is 6.20. The van der Waals surface area contributed by atoms with E-state index >= 15 is 0 Å². The van der Waals surface area contributed by atoms with E-state index in [1.165, 1.54) is 0 Å². The average molecular weight is 246 g/mol. The fourth-order valence-corrected chi connectivity index (χ4v) is 1.20. The molecule has 0 aliphatic rings. The zero-order valence-electron chi connectivity index (χ0n) is 10.8. The highest BCUT2D eigenvalue weighted by Gasteiger charge is 2.09. The van der Waals surface area contributed by atoms with Crippen molar-refractivity contribution in [3.63, 3.8) is 0 Å². The zero-order valence-corrected chi connectivity index (χ0v) is 10.8. The van der Waals surface area contributed by atoms with E-state index in [1.807, 2.05) is 6.92 Å². The number of nitrogens with zero attached hydrogens (tertiary/aromatic N) is 1. The van der Waals surface area contributed by atoms with Gasteiger partial charge in [-0.25, -0.2) is 0 Å². The number of hydrogen-bond donors (Lipinski definition) is 1. The third-order valence-corrected chi connectivity index (χ3v) is 2.63. The number of unbranched alkanes of at least 4 members (excludes halogenated alkanes) is 2. The van der Waals surface area contributed by atoms with Crippen molar-refractivity contribution in [2.75, 3.05) is 6.61 Å². The van der Waals surface area contributed by atoms with Crippen LogP contribution in [0.2, 0.25) is 0 Å². The number of carbonyl (C=O) groups is 1. The van der Waals surface area contributed by atoms with Crippen LogP contribution in [0.1, 0.15) is 46.5 Å². The van der Waals surface area contributed by atoms with E-state index in [0.29, 0.717) is 18.8 Å². The molecule has 0 fully saturated rings. The molecule has 0 aromatic heterocycles. The summed E-state index contributed by atoms with van der Waals surface area (Å²) < 4.78 is 0. The summed E-state index contributed by atoms with van der Waals surface area (Å²) in [5.41, 5.74) is 0. The molecule has 6 heteroatoms. The van der Waals surface area contributed by atoms with Gasteiger partial charge in [-0.1, -0.05) is 20.3 Å². The summed E-state index contributed by atoms with van der Waals surface area (Å²) in [6.07, 6.45) is 2.57. The van der Waals surface area contributed by atoms with Crippen molar-refractivity contribution in [1.29, 1.82) is 0 Å². The minimum atomic E-state index is -0.795. The summed E-state index contributed by atoms with van der Waals surface area (Å²) >= 11 is 0. The van der Waals surface area contributed by atoms with Crippen LogP contribution in [0.25, 0.3) is 0 Å². The lowest BCUT2D eigenvalue weighted by Gasteiger charge is -2.17. The van der Waals surface area contributed by atoms with Gasteiger partial charge in [-0.05, 0) is 25.7 Å². The molecule has 6 nitrogen and oxygen atoms in total. The number of hydrogen-bond acceptors (Lipinski definition) is 4. The van der Waals surface area contributed by atoms with Gasteiger partial charge in [0.1, 0.15) is 0 Å². The fourth-order valence-electron chi connectivity index (χ4n) is 1.20. The van der Waals surface area contributed by atoms with Crippen molar-refractivity contribution in [2.45, 2.75) is 52.5 Å². The van der Waals surface area contributed by atoms with Gasteiger partial charge in [-0.3, -0.25) is 4.79 Å². The first-order chi connectivity index (χ1) is 7.93. The first-order valence-corrected chi connectivity index (χ1v) is 6.00. The number of nitrogens with one attached hydrogen (secondary N) is 1. The predicted molar refractivity (Wildman–Crippen MR) is 63.9 cm³/mol. The van der Waals surface area contributed by atoms with Crippen LogP contribution in [0.15, 0.2) is 0 Å². The highest BCUT2D eigenvalue weighted by molar-refractivity contribution is 5.76. The first kappa shape index (κ1) is 15.7. The van der Waals surface area contributed by atoms with Gasteiger partial charge < -0.3 is 10.2 Å². The van der Waals surface area contributed by atoms with E-state index < -0.39 is 5.09 Å². The lowest BCUT2D eigenvalue weighted by molar-refractivity contribution is -0.757. The largest absolute Gasteiger partial charge is 0.353 e. The smallest absolute Gasteiger partial charge is 0.294 e. The molecular formula is C11H22N2O4. The van der Waals surface area contributed by atoms with E-state index in [1.54, 1.807) is 0 Å². The second-order valence-electron chi connectivity index (χ2n) is 4.47. The van der Waals surface area contributed by atoms with Gasteiger partial charge in [0, 0.05) is 12.5 Å². The lowest BCUT2D eigenvalue weighted by atomic mass is 10.1. The number of rotatable bonds is 9. The molecule has 0 bridgehead atoms. The number of carbonyl (C=O) groups excluding carboxylic acids is 1. The summed E-state index contributed by atoms with van der Waals surface area (Å²) in [5, 5.41) is 12.0. The molecule has 0 rings (SSSR count). The fraction of sp³-hybridized carbons (Fsp3) is 0.909. The minimum Gasteiger partial charge on any atom is -0.353 e. The van der Waals surface area contributed by atoms with Crippen molar-refractivity contribution in [2.24, 2.45) is 5.92 Å². The topological polar surface area (TPSA) is 81.5 Å². The van der Waals surface area contributed by atoms with Crippen LogP contribution < -0.4 is 5.32 Å². The Bertz CT molecular complexity index is 244. The average Bonchev–Trinajstić information content (AvgIpc) is 2.22. The molecule has 0 aromatic carbocycles. The molecule has 0 aliphatic heterocycles. The van der Waals surface area contributed by atoms with E-state index in [-0.39, 0.29) is 18.6 Å². The van der Waals surface area contributed by atoms with Crippen LogP contribution in [-0.4, -0.2) is 23.6 Å². The number of amides is 1. The first-order valence-electron chi connectivity index (χ1n) is 6.00. The van der Waals surface area contributed by atoms with Gasteiger partial charge in [0.25, 0.3) is 5.09 Å². The third-order valence-electron chi connectivity index (χ3n) is 2.63. The maximum absolute atomic E-state index is 11.4. The van der Waals surface area contributed by atoms with Crippen LogP contribution in [-0.2, 0) is 9.63 Å². The van der Waals surface area contributed by atoms with Crippen molar-refractivity contribution >= 4 is 5.91 Å². The molecule has 1 amide bonds. The summed E-state index contributed by atoms with van der Waals surface area (Å²) in [5.74, 6) is 0.467. The van der Waals surface area contributed by atoms with Crippen molar-refractivity contribution < 1.29 is 14.7 Å². The van der Waals surface area contributed by atoms with E-state index in [2.05, 4.69) is 24.0 Å². The van der Waals surface area contributed by atoms with Crippen LogP contribution in [0.5, 0.6) is 0 Å². The SMILES string of the molecule is CC(C)C(C)NC(=O)CCCCCO[N+](=O)[O-]. The molecule has 0 saturated carbocycles. The van der Waals surface area contributed by atoms with Crippen molar-refractivity contribution in [3.05, 3.63) is 10.1 Å². The van der Waals surface area contributed by atoms with Gasteiger partial charge in [-0.15, -0.1) is 10.1 Å². The van der Waals surface area contributed by atoms with Crippen molar-refractivity contribution in [1.82, 2.24) is 5.32 Å². The van der Waals surface area contributed by atoms with Crippen molar-refractivity contribution in [3.8, 4) is 0 Å². The summed E-state index contributed by atoms with van der Waals surface area (Å²) in [4.78, 5) is 25.5. The zero-order chi connectivity index (χ0) is 13.3. The summed E-state index contributed by atoms with van der Waals surface area (Å²) in [7, 11) is 0. The Kier molecular flexibility index (Phi) is 8.09. The Morgan fingerprint density at radius 3 is 2.47 bits per heavy atom. The molecular weight excluding hydrogens is 224 g/mol. The molecule has 1 unspecified atom stereocenters. The molecule has 0 spiro atoms. The Morgan fingerprint density at radius 2 is 1.94 bits per heavy atom. The quantitative estimate of drug-likeness (QED) is 0.383. The second kappa shape index (κ2) is 8.78. The third kappa shape index (κ3) is 9.59. The summed E-state index contributed by atoms with van der Waals surface area (Å²) in [6, 6.07) is 0.181. The van der Waals surface area contributed by atoms with Gasteiger partial charge >= 0.3 is 0 Å². The maximum Gasteiger partial charge on any atom is 0.294 e. The second-order valence-corrected chi connectivity index (χ2v) is 4.47. The highest BCUT2D eigenvalue weighted by atomic mass is 16.9. The normalized spacial score (nSPS) is 12.2. The van der Waals surface area contributed by atoms with Gasteiger partial charge in [0.2, 0.25) is 5.91 Å². The molecule has 0 saturated heterocycles. The van der Waals surface area contributed by atoms with E-state index in [4.69, 9.17) is 0 Å². The van der Waals surface area contributed by atoms with Crippen LogP contribution >= 0.6 is 0 Å². The minimum absolute atomic E-state index is 0.0430. The Morgan fingerprint density at radius 1 is 1.29 bits per heavy atom. The van der Waals surface area contributed by atoms with Crippen LogP contribution in [0.4, 0.5) is 0 Å². The standard InChI is InChI=1S/C11H22N2O4/c1-9(2)10(3)12-11(14)7-5-4-6-8-17-13(15)16/h9-10H,4-8H2,1-3H3,(H,12,14). The molecule has 0 heterocycles. The predicted octanol–water partition coefficient (Wildman–Crippen LogP) is 1.92. The van der Waals surface area contributed by atoms with Gasteiger partial charge in [0.15, 0.2) is 0 Å². The Balaban J connectivity index is 3.42. The van der Waals surface area contributed by atoms with E-state index in [0.717, 1.165) is 12.8 Å². The maximum atomic E-state index is 11.4. The van der Waals surface area contributed by atoms with E-state index in [9.17, 15) is 14.9 Å².